The lowest BCUT2D eigenvalue weighted by Gasteiger charge is -2.12. The first-order chi connectivity index (χ1) is 12.4. The molecule has 1 N–H and O–H groups in total. The van der Waals surface area contributed by atoms with E-state index in [1.165, 1.54) is 23.1 Å². The molecule has 0 bridgehead atoms. The number of hydrogen-bond acceptors (Lipinski definition) is 5. The van der Waals surface area contributed by atoms with Crippen LogP contribution in [0.15, 0.2) is 36.7 Å². The molecule has 1 amide bonds. The van der Waals surface area contributed by atoms with E-state index in [0.29, 0.717) is 16.4 Å². The van der Waals surface area contributed by atoms with Gasteiger partial charge in [0, 0.05) is 11.8 Å². The molecule has 0 atom stereocenters. The lowest BCUT2D eigenvalue weighted by atomic mass is 10.2. The van der Waals surface area contributed by atoms with Gasteiger partial charge in [0.25, 0.3) is 5.91 Å². The van der Waals surface area contributed by atoms with Crippen LogP contribution in [0.5, 0.6) is 5.75 Å². The van der Waals surface area contributed by atoms with Crippen molar-refractivity contribution in [2.75, 3.05) is 11.9 Å². The summed E-state index contributed by atoms with van der Waals surface area (Å²) in [7, 11) is 0. The highest BCUT2D eigenvalue weighted by atomic mass is 35.5. The number of aryl methyl sites for hydroxylation is 1. The molecular weight excluding hydrogens is 401 g/mol. The molecule has 3 aromatic rings. The number of nitrogens with one attached hydrogen (secondary N) is 1. The molecule has 134 valence electrons. The monoisotopic (exact) mass is 411 g/mol. The molecule has 0 aliphatic carbocycles. The molecule has 0 aliphatic rings. The molecule has 0 fully saturated rings. The largest absolute Gasteiger partial charge is 0.482 e. The van der Waals surface area contributed by atoms with Gasteiger partial charge in [0.05, 0.1) is 20.8 Å². The molecule has 0 saturated carbocycles. The van der Waals surface area contributed by atoms with Crippen molar-refractivity contribution < 1.29 is 9.53 Å². The van der Waals surface area contributed by atoms with Gasteiger partial charge in [-0.15, -0.1) is 5.10 Å². The number of tetrazole rings is 1. The van der Waals surface area contributed by atoms with Gasteiger partial charge in [-0.25, -0.2) is 4.68 Å². The van der Waals surface area contributed by atoms with Crippen molar-refractivity contribution in [3.05, 3.63) is 57.3 Å². The molecule has 26 heavy (non-hydrogen) atoms. The van der Waals surface area contributed by atoms with Crippen LogP contribution in [0.1, 0.15) is 5.56 Å². The van der Waals surface area contributed by atoms with Crippen molar-refractivity contribution in [1.82, 2.24) is 20.2 Å². The summed E-state index contributed by atoms with van der Waals surface area (Å²) in [6.07, 6.45) is 1.46. The van der Waals surface area contributed by atoms with Crippen LogP contribution in [0.2, 0.25) is 15.1 Å². The maximum Gasteiger partial charge on any atom is 0.262 e. The number of hydrogen-bond donors (Lipinski definition) is 1. The Hall–Kier alpha value is -2.35. The van der Waals surface area contributed by atoms with E-state index in [0.717, 1.165) is 5.56 Å². The third kappa shape index (κ3) is 4.24. The van der Waals surface area contributed by atoms with E-state index >= 15 is 0 Å². The molecule has 0 unspecified atom stereocenters. The van der Waals surface area contributed by atoms with E-state index in [1.807, 2.05) is 19.1 Å². The van der Waals surface area contributed by atoms with Crippen LogP contribution in [0, 0.1) is 6.92 Å². The van der Waals surface area contributed by atoms with Crippen molar-refractivity contribution in [3.63, 3.8) is 0 Å². The van der Waals surface area contributed by atoms with Gasteiger partial charge in [-0.2, -0.15) is 0 Å². The second-order valence-electron chi connectivity index (χ2n) is 5.29. The zero-order valence-corrected chi connectivity index (χ0v) is 15.7. The summed E-state index contributed by atoms with van der Waals surface area (Å²) in [5.74, 6) is -0.0838. The smallest absolute Gasteiger partial charge is 0.262 e. The highest BCUT2D eigenvalue weighted by Gasteiger charge is 2.11. The number of anilines is 1. The normalized spacial score (nSPS) is 10.6. The number of carbonyl (C=O) groups is 1. The summed E-state index contributed by atoms with van der Waals surface area (Å²) in [4.78, 5) is 12.2. The van der Waals surface area contributed by atoms with Crippen LogP contribution in [-0.2, 0) is 4.79 Å². The maximum atomic E-state index is 12.2. The fourth-order valence-corrected chi connectivity index (χ4v) is 2.70. The minimum absolute atomic E-state index is 0.244. The van der Waals surface area contributed by atoms with E-state index in [1.54, 1.807) is 6.07 Å². The van der Waals surface area contributed by atoms with Crippen LogP contribution in [0.25, 0.3) is 5.69 Å². The Bertz CT molecular complexity index is 947. The van der Waals surface area contributed by atoms with Crippen LogP contribution >= 0.6 is 34.8 Å². The number of aromatic nitrogens is 4. The van der Waals surface area contributed by atoms with Crippen molar-refractivity contribution in [2.45, 2.75) is 6.92 Å². The molecule has 10 heteroatoms. The Morgan fingerprint density at radius 1 is 1.15 bits per heavy atom. The van der Waals surface area contributed by atoms with E-state index in [-0.39, 0.29) is 28.3 Å². The van der Waals surface area contributed by atoms with E-state index in [9.17, 15) is 4.79 Å². The van der Waals surface area contributed by atoms with Gasteiger partial charge < -0.3 is 10.1 Å². The second-order valence-corrected chi connectivity index (χ2v) is 6.51. The summed E-state index contributed by atoms with van der Waals surface area (Å²) in [5, 5.41) is 14.6. The summed E-state index contributed by atoms with van der Waals surface area (Å²) < 4.78 is 6.91. The summed E-state index contributed by atoms with van der Waals surface area (Å²) in [6, 6.07) is 8.37. The SMILES string of the molecule is Cc1ccc(-n2cnnn2)cc1NC(=O)COc1cc(Cl)c(Cl)cc1Cl. The predicted octanol–water partition coefficient (Wildman–Crippen LogP) is 3.95. The Morgan fingerprint density at radius 3 is 2.65 bits per heavy atom. The fourth-order valence-electron chi connectivity index (χ4n) is 2.11. The molecule has 1 heterocycles. The molecule has 0 spiro atoms. The number of amides is 1. The van der Waals surface area contributed by atoms with Gasteiger partial charge in [0.2, 0.25) is 0 Å². The summed E-state index contributed by atoms with van der Waals surface area (Å²) in [5.41, 5.74) is 2.21. The highest BCUT2D eigenvalue weighted by molar-refractivity contribution is 6.43. The van der Waals surface area contributed by atoms with Gasteiger partial charge in [-0.05, 0) is 41.1 Å². The third-order valence-corrected chi connectivity index (χ3v) is 4.46. The zero-order valence-electron chi connectivity index (χ0n) is 13.4. The molecule has 0 radical (unpaired) electrons. The fraction of sp³-hybridized carbons (Fsp3) is 0.125. The number of ether oxygens (including phenoxy) is 1. The number of halogens is 3. The van der Waals surface area contributed by atoms with Gasteiger partial charge in [-0.1, -0.05) is 40.9 Å². The van der Waals surface area contributed by atoms with Crippen LogP contribution in [0.3, 0.4) is 0 Å². The molecule has 7 nitrogen and oxygen atoms in total. The van der Waals surface area contributed by atoms with Crippen LogP contribution in [-0.4, -0.2) is 32.7 Å². The predicted molar refractivity (Wildman–Crippen MR) is 99.5 cm³/mol. The summed E-state index contributed by atoms with van der Waals surface area (Å²) >= 11 is 17.8. The van der Waals surface area contributed by atoms with Crippen LogP contribution in [0.4, 0.5) is 5.69 Å². The van der Waals surface area contributed by atoms with Crippen LogP contribution < -0.4 is 10.1 Å². The van der Waals surface area contributed by atoms with Crippen molar-refractivity contribution in [1.29, 1.82) is 0 Å². The quantitative estimate of drug-likeness (QED) is 0.642. The highest BCUT2D eigenvalue weighted by Crippen LogP contribution is 2.33. The van der Waals surface area contributed by atoms with Gasteiger partial charge in [0.15, 0.2) is 6.61 Å². The van der Waals surface area contributed by atoms with Crippen molar-refractivity contribution in [2.24, 2.45) is 0 Å². The molecule has 0 aliphatic heterocycles. The lowest BCUT2D eigenvalue weighted by molar-refractivity contribution is -0.118. The van der Waals surface area contributed by atoms with E-state index in [4.69, 9.17) is 39.5 Å². The van der Waals surface area contributed by atoms with Crippen molar-refractivity contribution in [3.8, 4) is 11.4 Å². The minimum Gasteiger partial charge on any atom is -0.482 e. The average molecular weight is 413 g/mol. The Balaban J connectivity index is 1.69. The summed E-state index contributed by atoms with van der Waals surface area (Å²) in [6.45, 7) is 1.63. The second kappa shape index (κ2) is 7.90. The Kier molecular flexibility index (Phi) is 5.61. The molecule has 2 aromatic carbocycles. The number of rotatable bonds is 5. The topological polar surface area (TPSA) is 81.9 Å². The standard InChI is InChI=1S/C16H12Cl3N5O2/c1-9-2-3-10(24-8-20-22-23-24)4-14(9)21-16(25)7-26-15-6-12(18)11(17)5-13(15)19/h2-6,8H,7H2,1H3,(H,21,25). The Morgan fingerprint density at radius 2 is 1.92 bits per heavy atom. The lowest BCUT2D eigenvalue weighted by Crippen LogP contribution is -2.21. The van der Waals surface area contributed by atoms with E-state index in [2.05, 4.69) is 20.8 Å². The first-order valence-electron chi connectivity index (χ1n) is 7.35. The molecule has 1 aromatic heterocycles. The average Bonchev–Trinajstić information content (AvgIpc) is 3.13. The Labute approximate surface area is 163 Å². The molecule has 0 saturated heterocycles. The van der Waals surface area contributed by atoms with E-state index < -0.39 is 0 Å². The minimum atomic E-state index is -0.357. The molecular formula is C16H12Cl3N5O2. The first kappa shape index (κ1) is 18.4. The number of nitrogens with zero attached hydrogens (tertiary/aromatic N) is 4. The third-order valence-electron chi connectivity index (χ3n) is 3.44. The van der Waals surface area contributed by atoms with Crippen molar-refractivity contribution >= 4 is 46.4 Å². The zero-order chi connectivity index (χ0) is 18.7. The molecule has 3 rings (SSSR count). The maximum absolute atomic E-state index is 12.2. The van der Waals surface area contributed by atoms with Gasteiger partial charge >= 0.3 is 0 Å². The first-order valence-corrected chi connectivity index (χ1v) is 8.48. The number of benzene rings is 2. The van der Waals surface area contributed by atoms with Gasteiger partial charge in [-0.3, -0.25) is 4.79 Å². The number of carbonyl (C=O) groups excluding carboxylic acids is 1. The van der Waals surface area contributed by atoms with Gasteiger partial charge in [0.1, 0.15) is 12.1 Å².